The van der Waals surface area contributed by atoms with Crippen LogP contribution < -0.4 is 0 Å². The molecule has 0 fully saturated rings. The van der Waals surface area contributed by atoms with Crippen LogP contribution in [0, 0.1) is 0 Å². The third kappa shape index (κ3) is 6.11. The molecule has 4 heteroatoms. The van der Waals surface area contributed by atoms with Crippen LogP contribution in [0.2, 0.25) is 0 Å². The molecule has 0 bridgehead atoms. The number of carbonyl (C=O) groups excluding carboxylic acids is 3. The minimum Gasteiger partial charge on any atom is -0.460 e. The van der Waals surface area contributed by atoms with Gasteiger partial charge in [0, 0.05) is 6.42 Å². The van der Waals surface area contributed by atoms with Crippen LogP contribution in [-0.2, 0) is 19.1 Å². The molecule has 0 amide bonds. The number of allylic oxidation sites excluding steroid dienone is 2. The summed E-state index contributed by atoms with van der Waals surface area (Å²) < 4.78 is 5.08. The predicted octanol–water partition coefficient (Wildman–Crippen LogP) is 1.82. The first-order valence-corrected chi connectivity index (χ1v) is 5.12. The minimum absolute atomic E-state index is 0.108. The molecule has 0 saturated carbocycles. The van der Waals surface area contributed by atoms with Crippen LogP contribution in [0.5, 0.6) is 0 Å². The highest BCUT2D eigenvalue weighted by Gasteiger charge is 2.16. The van der Waals surface area contributed by atoms with E-state index in [1.807, 2.05) is 0 Å². The molecular formula is C12H18O4. The van der Waals surface area contributed by atoms with Crippen molar-refractivity contribution in [3.8, 4) is 0 Å². The summed E-state index contributed by atoms with van der Waals surface area (Å²) in [6.07, 6.45) is 1.56. The largest absolute Gasteiger partial charge is 0.460 e. The second-order valence-corrected chi connectivity index (χ2v) is 4.53. The number of ether oxygens (including phenoxy) is 1. The number of aldehydes is 2. The van der Waals surface area contributed by atoms with Crippen molar-refractivity contribution < 1.29 is 19.1 Å². The molecule has 0 aliphatic heterocycles. The fourth-order valence-corrected chi connectivity index (χ4v) is 1.05. The average Bonchev–Trinajstić information content (AvgIpc) is 2.15. The molecule has 0 atom stereocenters. The Hall–Kier alpha value is -1.45. The molecule has 0 aromatic rings. The molecule has 90 valence electrons. The minimum atomic E-state index is -0.526. The molecule has 0 rings (SSSR count). The number of carbonyl (C=O) groups is 3. The lowest BCUT2D eigenvalue weighted by Gasteiger charge is -2.19. The van der Waals surface area contributed by atoms with Gasteiger partial charge in [-0.3, -0.25) is 14.4 Å². The molecule has 0 saturated heterocycles. The SMILES string of the molecule is C/C(C=O)=C(/C=O)CCC(=O)OC(C)(C)C. The lowest BCUT2D eigenvalue weighted by molar-refractivity contribution is -0.154. The maximum absolute atomic E-state index is 11.3. The summed E-state index contributed by atoms with van der Waals surface area (Å²) in [6.45, 7) is 6.87. The molecule has 0 spiro atoms. The van der Waals surface area contributed by atoms with E-state index in [0.29, 0.717) is 23.7 Å². The number of hydrogen-bond acceptors (Lipinski definition) is 4. The Labute approximate surface area is 95.7 Å². The zero-order chi connectivity index (χ0) is 12.8. The van der Waals surface area contributed by atoms with Gasteiger partial charge in [-0.2, -0.15) is 0 Å². The van der Waals surface area contributed by atoms with E-state index in [4.69, 9.17) is 4.74 Å². The standard InChI is InChI=1S/C12H18O4/c1-9(7-13)10(8-14)5-6-11(15)16-12(2,3)4/h7-8H,5-6H2,1-4H3/b10-9-. The first kappa shape index (κ1) is 14.6. The molecule has 0 aliphatic carbocycles. The quantitative estimate of drug-likeness (QED) is 0.407. The van der Waals surface area contributed by atoms with Gasteiger partial charge in [-0.1, -0.05) is 0 Å². The number of esters is 1. The van der Waals surface area contributed by atoms with E-state index in [9.17, 15) is 14.4 Å². The molecule has 0 aliphatic rings. The molecule has 0 N–H and O–H groups in total. The van der Waals surface area contributed by atoms with E-state index in [-0.39, 0.29) is 18.8 Å². The number of rotatable bonds is 5. The maximum atomic E-state index is 11.3. The molecule has 16 heavy (non-hydrogen) atoms. The van der Waals surface area contributed by atoms with E-state index >= 15 is 0 Å². The van der Waals surface area contributed by atoms with Crippen molar-refractivity contribution in [3.05, 3.63) is 11.1 Å². The maximum Gasteiger partial charge on any atom is 0.306 e. The Morgan fingerprint density at radius 1 is 1.12 bits per heavy atom. The van der Waals surface area contributed by atoms with Crippen molar-refractivity contribution in [2.45, 2.75) is 46.1 Å². The number of hydrogen-bond donors (Lipinski definition) is 0. The van der Waals surface area contributed by atoms with Gasteiger partial charge in [0.05, 0.1) is 0 Å². The van der Waals surface area contributed by atoms with Crippen molar-refractivity contribution >= 4 is 18.5 Å². The summed E-state index contributed by atoms with van der Waals surface area (Å²) in [5, 5.41) is 0. The molecule has 0 radical (unpaired) electrons. The lowest BCUT2D eigenvalue weighted by Crippen LogP contribution is -2.23. The second kappa shape index (κ2) is 6.20. The predicted molar refractivity (Wildman–Crippen MR) is 59.9 cm³/mol. The van der Waals surface area contributed by atoms with Crippen molar-refractivity contribution in [3.63, 3.8) is 0 Å². The van der Waals surface area contributed by atoms with E-state index in [0.717, 1.165) is 0 Å². The van der Waals surface area contributed by atoms with Gasteiger partial charge in [0.25, 0.3) is 0 Å². The molecule has 0 heterocycles. The van der Waals surface area contributed by atoms with E-state index in [1.54, 1.807) is 27.7 Å². The van der Waals surface area contributed by atoms with Crippen LogP contribution in [0.25, 0.3) is 0 Å². The normalized spacial score (nSPS) is 12.8. The first-order chi connectivity index (χ1) is 7.30. The van der Waals surface area contributed by atoms with Gasteiger partial charge < -0.3 is 4.74 Å². The van der Waals surface area contributed by atoms with E-state index < -0.39 is 5.60 Å². The van der Waals surface area contributed by atoms with Crippen LogP contribution in [0.4, 0.5) is 0 Å². The van der Waals surface area contributed by atoms with Gasteiger partial charge in [-0.05, 0) is 45.3 Å². The highest BCUT2D eigenvalue weighted by molar-refractivity contribution is 5.86. The van der Waals surface area contributed by atoms with Gasteiger partial charge in [0.2, 0.25) is 0 Å². The summed E-state index contributed by atoms with van der Waals surface area (Å²) in [5.74, 6) is -0.370. The average molecular weight is 226 g/mol. The zero-order valence-corrected chi connectivity index (χ0v) is 10.2. The van der Waals surface area contributed by atoms with Crippen molar-refractivity contribution in [2.24, 2.45) is 0 Å². The molecule has 0 unspecified atom stereocenters. The van der Waals surface area contributed by atoms with E-state index in [2.05, 4.69) is 0 Å². The monoisotopic (exact) mass is 226 g/mol. The third-order valence-electron chi connectivity index (χ3n) is 1.84. The summed E-state index contributed by atoms with van der Waals surface area (Å²) in [5.41, 5.74) is 0.182. The van der Waals surface area contributed by atoms with Gasteiger partial charge in [0.15, 0.2) is 0 Å². The Balaban J connectivity index is 4.30. The van der Waals surface area contributed by atoms with Crippen LogP contribution >= 0.6 is 0 Å². The van der Waals surface area contributed by atoms with Crippen LogP contribution in [0.3, 0.4) is 0 Å². The molecule has 0 aromatic carbocycles. The van der Waals surface area contributed by atoms with Gasteiger partial charge in [-0.15, -0.1) is 0 Å². The smallest absolute Gasteiger partial charge is 0.306 e. The van der Waals surface area contributed by atoms with Gasteiger partial charge in [0.1, 0.15) is 18.2 Å². The summed E-state index contributed by atoms with van der Waals surface area (Å²) in [4.78, 5) is 32.4. The zero-order valence-electron chi connectivity index (χ0n) is 10.2. The van der Waals surface area contributed by atoms with Crippen molar-refractivity contribution in [2.75, 3.05) is 0 Å². The van der Waals surface area contributed by atoms with Gasteiger partial charge in [-0.25, -0.2) is 0 Å². The van der Waals surface area contributed by atoms with Crippen LogP contribution in [0.1, 0.15) is 40.5 Å². The van der Waals surface area contributed by atoms with E-state index in [1.165, 1.54) is 0 Å². The summed E-state index contributed by atoms with van der Waals surface area (Å²) in [7, 11) is 0. The fourth-order valence-electron chi connectivity index (χ4n) is 1.05. The Bertz CT molecular complexity index is 307. The fraction of sp³-hybridized carbons (Fsp3) is 0.583. The second-order valence-electron chi connectivity index (χ2n) is 4.53. The van der Waals surface area contributed by atoms with Crippen molar-refractivity contribution in [1.29, 1.82) is 0 Å². The molecule has 0 aromatic heterocycles. The Morgan fingerprint density at radius 3 is 2.06 bits per heavy atom. The summed E-state index contributed by atoms with van der Waals surface area (Å²) >= 11 is 0. The van der Waals surface area contributed by atoms with Gasteiger partial charge >= 0.3 is 5.97 Å². The topological polar surface area (TPSA) is 60.4 Å². The highest BCUT2D eigenvalue weighted by Crippen LogP contribution is 2.12. The van der Waals surface area contributed by atoms with Crippen LogP contribution in [-0.4, -0.2) is 24.1 Å². The third-order valence-corrected chi connectivity index (χ3v) is 1.84. The first-order valence-electron chi connectivity index (χ1n) is 5.12. The summed E-state index contributed by atoms with van der Waals surface area (Å²) in [6, 6.07) is 0. The lowest BCUT2D eigenvalue weighted by atomic mass is 10.1. The van der Waals surface area contributed by atoms with Crippen LogP contribution in [0.15, 0.2) is 11.1 Å². The highest BCUT2D eigenvalue weighted by atomic mass is 16.6. The van der Waals surface area contributed by atoms with Crippen molar-refractivity contribution in [1.82, 2.24) is 0 Å². The molecule has 4 nitrogen and oxygen atoms in total. The Kier molecular flexibility index (Phi) is 5.64. The Morgan fingerprint density at radius 2 is 1.69 bits per heavy atom. The molecular weight excluding hydrogens is 208 g/mol.